The first kappa shape index (κ1) is 21.8. The Kier molecular flexibility index (Phi) is 8.23. The number of nitrogens with zero attached hydrogens (tertiary/aromatic N) is 1. The monoisotopic (exact) mass is 412 g/mol. The van der Waals surface area contributed by atoms with E-state index < -0.39 is 0 Å². The van der Waals surface area contributed by atoms with Gasteiger partial charge < -0.3 is 15.4 Å². The summed E-state index contributed by atoms with van der Waals surface area (Å²) in [5.41, 5.74) is 7.42. The average molecular weight is 413 g/mol. The third-order valence-corrected chi connectivity index (χ3v) is 5.75. The highest BCUT2D eigenvalue weighted by Crippen LogP contribution is 2.32. The second-order valence-electron chi connectivity index (χ2n) is 6.59. The van der Waals surface area contributed by atoms with E-state index in [1.807, 2.05) is 17.9 Å². The second kappa shape index (κ2) is 10.2. The van der Waals surface area contributed by atoms with Crippen LogP contribution in [-0.2, 0) is 4.74 Å². The summed E-state index contributed by atoms with van der Waals surface area (Å²) < 4.78 is 18.9. The van der Waals surface area contributed by atoms with Crippen molar-refractivity contribution >= 4 is 29.7 Å². The lowest BCUT2D eigenvalue weighted by molar-refractivity contribution is 0.00858. The van der Waals surface area contributed by atoms with E-state index >= 15 is 0 Å². The number of thiophene rings is 1. The van der Waals surface area contributed by atoms with Crippen LogP contribution >= 0.6 is 23.7 Å². The van der Waals surface area contributed by atoms with Gasteiger partial charge in [-0.25, -0.2) is 4.39 Å². The van der Waals surface area contributed by atoms with Crippen LogP contribution in [-0.4, -0.2) is 43.2 Å². The van der Waals surface area contributed by atoms with Crippen LogP contribution in [0.2, 0.25) is 0 Å². The number of aryl methyl sites for hydroxylation is 1. The first-order chi connectivity index (χ1) is 12.6. The van der Waals surface area contributed by atoms with Crippen molar-refractivity contribution in [3.8, 4) is 11.1 Å². The van der Waals surface area contributed by atoms with Crippen LogP contribution < -0.4 is 5.73 Å². The van der Waals surface area contributed by atoms with Gasteiger partial charge in [-0.1, -0.05) is 12.1 Å². The fourth-order valence-corrected chi connectivity index (χ4v) is 4.23. The van der Waals surface area contributed by atoms with Crippen LogP contribution in [0.3, 0.4) is 0 Å². The number of carbonyl (C=O) groups excluding carboxylic acids is 1. The van der Waals surface area contributed by atoms with Crippen molar-refractivity contribution in [3.63, 3.8) is 0 Å². The van der Waals surface area contributed by atoms with Gasteiger partial charge in [-0.2, -0.15) is 0 Å². The summed E-state index contributed by atoms with van der Waals surface area (Å²) in [5.74, 6) is -0.179. The van der Waals surface area contributed by atoms with E-state index in [0.717, 1.165) is 53.2 Å². The molecule has 1 aromatic heterocycles. The van der Waals surface area contributed by atoms with E-state index in [2.05, 4.69) is 0 Å². The quantitative estimate of drug-likeness (QED) is 0.721. The van der Waals surface area contributed by atoms with Crippen molar-refractivity contribution in [3.05, 3.63) is 45.9 Å². The number of benzene rings is 1. The topological polar surface area (TPSA) is 55.6 Å². The highest BCUT2D eigenvalue weighted by Gasteiger charge is 2.25. The third-order valence-electron chi connectivity index (χ3n) is 4.71. The van der Waals surface area contributed by atoms with E-state index in [-0.39, 0.29) is 30.2 Å². The molecule has 0 unspecified atom stereocenters. The molecule has 2 aromatic rings. The third kappa shape index (κ3) is 5.51. The molecule has 1 amide bonds. The van der Waals surface area contributed by atoms with Crippen molar-refractivity contribution in [2.75, 3.05) is 26.2 Å². The molecule has 0 atom stereocenters. The number of ether oxygens (including phenoxy) is 1. The fourth-order valence-electron chi connectivity index (χ4n) is 3.22. The van der Waals surface area contributed by atoms with Gasteiger partial charge in [0.05, 0.1) is 11.0 Å². The number of nitrogens with two attached hydrogens (primary N) is 1. The zero-order valence-corrected chi connectivity index (χ0v) is 17.1. The zero-order chi connectivity index (χ0) is 18.5. The number of piperidine rings is 1. The largest absolute Gasteiger partial charge is 0.378 e. The van der Waals surface area contributed by atoms with Crippen molar-refractivity contribution in [1.82, 2.24) is 4.90 Å². The van der Waals surface area contributed by atoms with Crippen LogP contribution in [0.4, 0.5) is 4.39 Å². The maximum Gasteiger partial charge on any atom is 0.263 e. The molecule has 27 heavy (non-hydrogen) atoms. The van der Waals surface area contributed by atoms with Gasteiger partial charge in [0.2, 0.25) is 0 Å². The van der Waals surface area contributed by atoms with Crippen molar-refractivity contribution in [1.29, 1.82) is 0 Å². The second-order valence-corrected chi connectivity index (χ2v) is 7.85. The molecular weight excluding hydrogens is 387 g/mol. The maximum absolute atomic E-state index is 13.1. The molecule has 0 aliphatic carbocycles. The van der Waals surface area contributed by atoms with Crippen LogP contribution in [0.15, 0.2) is 30.3 Å². The van der Waals surface area contributed by atoms with Gasteiger partial charge in [0.1, 0.15) is 5.82 Å². The summed E-state index contributed by atoms with van der Waals surface area (Å²) in [5, 5.41) is 0. The number of amides is 1. The minimum absolute atomic E-state index is 0. The normalized spacial score (nSPS) is 14.9. The molecule has 2 heterocycles. The molecule has 2 N–H and O–H groups in total. The number of hydrogen-bond donors (Lipinski definition) is 1. The molecule has 1 aromatic carbocycles. The first-order valence-electron chi connectivity index (χ1n) is 9.06. The van der Waals surface area contributed by atoms with E-state index in [1.54, 1.807) is 12.1 Å². The summed E-state index contributed by atoms with van der Waals surface area (Å²) in [4.78, 5) is 16.6. The molecule has 0 bridgehead atoms. The number of carbonyl (C=O) groups is 1. The van der Waals surface area contributed by atoms with E-state index in [1.165, 1.54) is 23.5 Å². The fraction of sp³-hybridized carbons (Fsp3) is 0.450. The number of rotatable bonds is 6. The average Bonchev–Trinajstić information content (AvgIpc) is 3.04. The Labute approximate surface area is 169 Å². The first-order valence-corrected chi connectivity index (χ1v) is 9.87. The lowest BCUT2D eigenvalue weighted by Gasteiger charge is -2.31. The zero-order valence-electron chi connectivity index (χ0n) is 15.4. The highest BCUT2D eigenvalue weighted by atomic mass is 35.5. The van der Waals surface area contributed by atoms with Gasteiger partial charge >= 0.3 is 0 Å². The Morgan fingerprint density at radius 3 is 2.59 bits per heavy atom. The minimum atomic E-state index is -0.255. The maximum atomic E-state index is 13.1. The molecule has 0 radical (unpaired) electrons. The molecule has 1 saturated heterocycles. The predicted molar refractivity (Wildman–Crippen MR) is 110 cm³/mol. The summed E-state index contributed by atoms with van der Waals surface area (Å²) in [6.07, 6.45) is 2.84. The molecule has 0 spiro atoms. The molecule has 4 nitrogen and oxygen atoms in total. The van der Waals surface area contributed by atoms with Gasteiger partial charge in [-0.05, 0) is 62.1 Å². The standard InChI is InChI=1S/C20H25FN2O2S.ClH/c1-14-18(15-3-5-16(21)6-4-15)13-19(26-14)20(24)23-10-7-17(8-11-23)25-12-2-9-22;/h3-6,13,17H,2,7-12,22H2,1H3;1H. The van der Waals surface area contributed by atoms with Crippen molar-refractivity contribution < 1.29 is 13.9 Å². The molecule has 7 heteroatoms. The summed E-state index contributed by atoms with van der Waals surface area (Å²) in [7, 11) is 0. The summed E-state index contributed by atoms with van der Waals surface area (Å²) in [6.45, 7) is 4.77. The Hall–Kier alpha value is -1.47. The van der Waals surface area contributed by atoms with E-state index in [4.69, 9.17) is 10.5 Å². The smallest absolute Gasteiger partial charge is 0.263 e. The summed E-state index contributed by atoms with van der Waals surface area (Å²) >= 11 is 1.50. The lowest BCUT2D eigenvalue weighted by atomic mass is 10.1. The Morgan fingerprint density at radius 2 is 1.96 bits per heavy atom. The van der Waals surface area contributed by atoms with Gasteiger partial charge in [0.15, 0.2) is 0 Å². The number of likely N-dealkylation sites (tertiary alicyclic amines) is 1. The van der Waals surface area contributed by atoms with Gasteiger partial charge in [0, 0.05) is 24.6 Å². The van der Waals surface area contributed by atoms with Gasteiger partial charge in [-0.15, -0.1) is 23.7 Å². The van der Waals surface area contributed by atoms with Crippen LogP contribution in [0.1, 0.15) is 33.8 Å². The molecule has 148 valence electrons. The SMILES string of the molecule is Cc1sc(C(=O)N2CCC(OCCCN)CC2)cc1-c1ccc(F)cc1.Cl. The predicted octanol–water partition coefficient (Wildman–Crippen LogP) is 4.25. The Morgan fingerprint density at radius 1 is 1.30 bits per heavy atom. The van der Waals surface area contributed by atoms with Crippen LogP contribution in [0.5, 0.6) is 0 Å². The number of hydrogen-bond acceptors (Lipinski definition) is 4. The van der Waals surface area contributed by atoms with Gasteiger partial charge in [0.25, 0.3) is 5.91 Å². The highest BCUT2D eigenvalue weighted by molar-refractivity contribution is 7.14. The molecule has 1 aliphatic heterocycles. The molecule has 1 aliphatic rings. The Balaban J connectivity index is 0.00000261. The van der Waals surface area contributed by atoms with Crippen molar-refractivity contribution in [2.24, 2.45) is 5.73 Å². The summed E-state index contributed by atoms with van der Waals surface area (Å²) in [6, 6.07) is 8.33. The molecule has 0 saturated carbocycles. The molecule has 1 fully saturated rings. The number of halogens is 2. The van der Waals surface area contributed by atoms with Gasteiger partial charge in [-0.3, -0.25) is 4.79 Å². The lowest BCUT2D eigenvalue weighted by Crippen LogP contribution is -2.40. The molecular formula is C20H26ClFN2O2S. The molecule has 3 rings (SSSR count). The van der Waals surface area contributed by atoms with Crippen LogP contribution in [0.25, 0.3) is 11.1 Å². The van der Waals surface area contributed by atoms with Crippen LogP contribution in [0, 0.1) is 12.7 Å². The van der Waals surface area contributed by atoms with E-state index in [0.29, 0.717) is 13.2 Å². The Bertz CT molecular complexity index is 743. The van der Waals surface area contributed by atoms with Crippen molar-refractivity contribution in [2.45, 2.75) is 32.3 Å². The van der Waals surface area contributed by atoms with E-state index in [9.17, 15) is 9.18 Å². The minimum Gasteiger partial charge on any atom is -0.378 e.